The molecule has 1 atom stereocenters. The van der Waals surface area contributed by atoms with Crippen molar-refractivity contribution in [2.45, 2.75) is 59.6 Å². The molecule has 0 unspecified atom stereocenters. The summed E-state index contributed by atoms with van der Waals surface area (Å²) in [6, 6.07) is -0.891. The van der Waals surface area contributed by atoms with Crippen molar-refractivity contribution >= 4 is 18.0 Å². The van der Waals surface area contributed by atoms with Gasteiger partial charge in [0, 0.05) is 6.54 Å². The van der Waals surface area contributed by atoms with Crippen molar-refractivity contribution in [3.63, 3.8) is 0 Å². The number of nitrogens with one attached hydrogen (secondary N) is 1. The largest absolute Gasteiger partial charge is 0.480 e. The van der Waals surface area contributed by atoms with E-state index in [1.165, 1.54) is 4.90 Å². The molecule has 0 saturated carbocycles. The maximum absolute atomic E-state index is 12.2. The lowest BCUT2D eigenvalue weighted by atomic mass is 10.0. The number of rotatable bonds is 7. The van der Waals surface area contributed by atoms with E-state index in [1.54, 1.807) is 27.7 Å². The monoisotopic (exact) mass is 316 g/mol. The van der Waals surface area contributed by atoms with Gasteiger partial charge in [0.25, 0.3) is 0 Å². The third-order valence-electron chi connectivity index (χ3n) is 2.80. The summed E-state index contributed by atoms with van der Waals surface area (Å²) in [5.74, 6) is -1.34. The molecular weight excluding hydrogens is 288 g/mol. The molecule has 0 fully saturated rings. The number of aliphatic carboxylic acids is 1. The Balaban J connectivity index is 4.70. The van der Waals surface area contributed by atoms with Crippen molar-refractivity contribution in [1.82, 2.24) is 10.2 Å². The molecule has 0 rings (SSSR count). The SMILES string of the molecule is CCN(C(=O)CNC(=O)OC(C)(C)C)[C@@H](CC(C)C)C(=O)O. The molecule has 0 aliphatic rings. The van der Waals surface area contributed by atoms with Gasteiger partial charge in [-0.05, 0) is 40.0 Å². The second-order valence-electron chi connectivity index (χ2n) is 6.52. The van der Waals surface area contributed by atoms with Gasteiger partial charge in [-0.25, -0.2) is 9.59 Å². The first-order valence-electron chi connectivity index (χ1n) is 7.47. The highest BCUT2D eigenvalue weighted by Crippen LogP contribution is 2.12. The van der Waals surface area contributed by atoms with Crippen molar-refractivity contribution < 1.29 is 24.2 Å². The van der Waals surface area contributed by atoms with Gasteiger partial charge >= 0.3 is 12.1 Å². The lowest BCUT2D eigenvalue weighted by Crippen LogP contribution is -2.49. The van der Waals surface area contributed by atoms with Crippen molar-refractivity contribution in [3.8, 4) is 0 Å². The Morgan fingerprint density at radius 1 is 1.23 bits per heavy atom. The molecule has 0 aromatic heterocycles. The van der Waals surface area contributed by atoms with Crippen LogP contribution in [0.25, 0.3) is 0 Å². The second kappa shape index (κ2) is 8.60. The predicted molar refractivity (Wildman–Crippen MR) is 82.5 cm³/mol. The van der Waals surface area contributed by atoms with E-state index in [9.17, 15) is 19.5 Å². The lowest BCUT2D eigenvalue weighted by molar-refractivity contribution is -0.150. The molecule has 2 amide bonds. The van der Waals surface area contributed by atoms with Gasteiger partial charge < -0.3 is 20.1 Å². The van der Waals surface area contributed by atoms with Gasteiger partial charge in [-0.1, -0.05) is 13.8 Å². The Morgan fingerprint density at radius 2 is 1.77 bits per heavy atom. The van der Waals surface area contributed by atoms with E-state index in [0.717, 1.165) is 0 Å². The lowest BCUT2D eigenvalue weighted by Gasteiger charge is -2.29. The van der Waals surface area contributed by atoms with Crippen molar-refractivity contribution in [2.24, 2.45) is 5.92 Å². The van der Waals surface area contributed by atoms with Crippen LogP contribution in [0.1, 0.15) is 48.0 Å². The van der Waals surface area contributed by atoms with Crippen molar-refractivity contribution in [3.05, 3.63) is 0 Å². The van der Waals surface area contributed by atoms with Gasteiger partial charge in [0.05, 0.1) is 0 Å². The fraction of sp³-hybridized carbons (Fsp3) is 0.800. The van der Waals surface area contributed by atoms with Crippen LogP contribution >= 0.6 is 0 Å². The topological polar surface area (TPSA) is 95.9 Å². The Kier molecular flexibility index (Phi) is 7.90. The number of carboxylic acid groups (broad SMARTS) is 1. The van der Waals surface area contributed by atoms with E-state index in [1.807, 2.05) is 13.8 Å². The molecule has 7 heteroatoms. The Morgan fingerprint density at radius 3 is 2.14 bits per heavy atom. The van der Waals surface area contributed by atoms with Gasteiger partial charge in [0.1, 0.15) is 18.2 Å². The van der Waals surface area contributed by atoms with E-state index in [-0.39, 0.29) is 19.0 Å². The Hall–Kier alpha value is -1.79. The van der Waals surface area contributed by atoms with Gasteiger partial charge in [0.15, 0.2) is 0 Å². The fourth-order valence-electron chi connectivity index (χ4n) is 1.94. The van der Waals surface area contributed by atoms with E-state index >= 15 is 0 Å². The molecule has 0 aromatic rings. The number of alkyl carbamates (subject to hydrolysis) is 1. The number of carbonyl (C=O) groups is 3. The minimum atomic E-state index is -1.04. The molecule has 0 saturated heterocycles. The Bertz CT molecular complexity index is 401. The first-order chi connectivity index (χ1) is 9.97. The number of hydrogen-bond acceptors (Lipinski definition) is 4. The number of amides is 2. The number of nitrogens with zero attached hydrogens (tertiary/aromatic N) is 1. The molecule has 0 radical (unpaired) electrons. The first kappa shape index (κ1) is 20.2. The number of hydrogen-bond donors (Lipinski definition) is 2. The highest BCUT2D eigenvalue weighted by atomic mass is 16.6. The minimum Gasteiger partial charge on any atom is -0.480 e. The molecule has 0 bridgehead atoms. The maximum Gasteiger partial charge on any atom is 0.408 e. The van der Waals surface area contributed by atoms with Gasteiger partial charge in [0.2, 0.25) is 5.91 Å². The summed E-state index contributed by atoms with van der Waals surface area (Å²) < 4.78 is 5.04. The summed E-state index contributed by atoms with van der Waals surface area (Å²) >= 11 is 0. The first-order valence-corrected chi connectivity index (χ1v) is 7.47. The van der Waals surface area contributed by atoms with Crippen molar-refractivity contribution in [2.75, 3.05) is 13.1 Å². The van der Waals surface area contributed by atoms with Crippen LogP contribution in [0, 0.1) is 5.92 Å². The molecule has 0 aliphatic heterocycles. The normalized spacial score (nSPS) is 12.7. The summed E-state index contributed by atoms with van der Waals surface area (Å²) in [7, 11) is 0. The number of likely N-dealkylation sites (N-methyl/N-ethyl adjacent to an activating group) is 1. The highest BCUT2D eigenvalue weighted by molar-refractivity contribution is 5.86. The highest BCUT2D eigenvalue weighted by Gasteiger charge is 2.29. The van der Waals surface area contributed by atoms with Gasteiger partial charge in [-0.15, -0.1) is 0 Å². The zero-order chi connectivity index (χ0) is 17.5. The molecule has 2 N–H and O–H groups in total. The van der Waals surface area contributed by atoms with E-state index in [0.29, 0.717) is 6.42 Å². The van der Waals surface area contributed by atoms with Crippen LogP contribution in [0.5, 0.6) is 0 Å². The molecule has 0 heterocycles. The van der Waals surface area contributed by atoms with Gasteiger partial charge in [-0.2, -0.15) is 0 Å². The number of carboxylic acids is 1. The third-order valence-corrected chi connectivity index (χ3v) is 2.80. The summed E-state index contributed by atoms with van der Waals surface area (Å²) in [5.41, 5.74) is -0.654. The van der Waals surface area contributed by atoms with Crippen LogP contribution in [0.2, 0.25) is 0 Å². The van der Waals surface area contributed by atoms with Crippen LogP contribution in [0.4, 0.5) is 4.79 Å². The van der Waals surface area contributed by atoms with Crippen LogP contribution in [0.15, 0.2) is 0 Å². The summed E-state index contributed by atoms with van der Waals surface area (Å²) in [5, 5.41) is 11.7. The van der Waals surface area contributed by atoms with E-state index in [4.69, 9.17) is 4.74 Å². The maximum atomic E-state index is 12.2. The molecule has 7 nitrogen and oxygen atoms in total. The average molecular weight is 316 g/mol. The van der Waals surface area contributed by atoms with Gasteiger partial charge in [-0.3, -0.25) is 4.79 Å². The molecule has 0 aromatic carbocycles. The van der Waals surface area contributed by atoms with Crippen molar-refractivity contribution in [1.29, 1.82) is 0 Å². The third kappa shape index (κ3) is 7.85. The molecular formula is C15H28N2O5. The smallest absolute Gasteiger partial charge is 0.408 e. The Labute approximate surface area is 132 Å². The minimum absolute atomic E-state index is 0.141. The summed E-state index contributed by atoms with van der Waals surface area (Å²) in [6.45, 7) is 10.6. The summed E-state index contributed by atoms with van der Waals surface area (Å²) in [4.78, 5) is 36.3. The zero-order valence-electron chi connectivity index (χ0n) is 14.3. The number of carbonyl (C=O) groups excluding carboxylic acids is 2. The van der Waals surface area contributed by atoms with Crippen LogP contribution < -0.4 is 5.32 Å². The average Bonchev–Trinajstić information content (AvgIpc) is 2.33. The predicted octanol–water partition coefficient (Wildman–Crippen LogP) is 1.86. The molecule has 128 valence electrons. The molecule has 22 heavy (non-hydrogen) atoms. The standard InChI is InChI=1S/C15H28N2O5/c1-7-17(11(13(19)20)8-10(2)3)12(18)9-16-14(21)22-15(4,5)6/h10-11H,7-9H2,1-6H3,(H,16,21)(H,19,20)/t11-/m0/s1. The van der Waals surface area contributed by atoms with E-state index in [2.05, 4.69) is 5.32 Å². The number of ether oxygens (including phenoxy) is 1. The molecule has 0 aliphatic carbocycles. The molecule has 0 spiro atoms. The van der Waals surface area contributed by atoms with Crippen LogP contribution in [-0.2, 0) is 14.3 Å². The van der Waals surface area contributed by atoms with E-state index < -0.39 is 29.6 Å². The summed E-state index contributed by atoms with van der Waals surface area (Å²) in [6.07, 6.45) is -0.339. The second-order valence-corrected chi connectivity index (χ2v) is 6.52. The fourth-order valence-corrected chi connectivity index (χ4v) is 1.94. The zero-order valence-corrected chi connectivity index (χ0v) is 14.3. The quantitative estimate of drug-likeness (QED) is 0.747. The van der Waals surface area contributed by atoms with Crippen LogP contribution in [0.3, 0.4) is 0 Å². The van der Waals surface area contributed by atoms with Crippen LogP contribution in [-0.4, -0.2) is 52.7 Å².